The van der Waals surface area contributed by atoms with Crippen LogP contribution in [0.15, 0.2) is 0 Å². The van der Waals surface area contributed by atoms with Crippen LogP contribution >= 0.6 is 0 Å². The highest BCUT2D eigenvalue weighted by atomic mass is 16.5. The molecule has 0 bridgehead atoms. The van der Waals surface area contributed by atoms with Crippen molar-refractivity contribution in [3.05, 3.63) is 0 Å². The van der Waals surface area contributed by atoms with E-state index in [0.717, 1.165) is 32.3 Å². The van der Waals surface area contributed by atoms with Crippen molar-refractivity contribution < 1.29 is 4.74 Å². The van der Waals surface area contributed by atoms with Gasteiger partial charge in [-0.2, -0.15) is 0 Å². The lowest BCUT2D eigenvalue weighted by Crippen LogP contribution is -2.54. The van der Waals surface area contributed by atoms with E-state index in [4.69, 9.17) is 4.74 Å². The lowest BCUT2D eigenvalue weighted by atomic mass is 9.86. The molecule has 3 heterocycles. The van der Waals surface area contributed by atoms with Crippen LogP contribution in [-0.2, 0) is 4.74 Å². The van der Waals surface area contributed by atoms with Gasteiger partial charge in [-0.3, -0.25) is 9.80 Å². The van der Waals surface area contributed by atoms with Crippen LogP contribution in [0.5, 0.6) is 0 Å². The second kappa shape index (κ2) is 6.73. The number of hydrogen-bond acceptors (Lipinski definition) is 4. The van der Waals surface area contributed by atoms with Crippen molar-refractivity contribution >= 4 is 0 Å². The number of piperazine rings is 1. The summed E-state index contributed by atoms with van der Waals surface area (Å²) in [5, 5.41) is 3.64. The maximum atomic E-state index is 5.74. The van der Waals surface area contributed by atoms with Crippen molar-refractivity contribution in [1.29, 1.82) is 0 Å². The van der Waals surface area contributed by atoms with E-state index in [-0.39, 0.29) is 0 Å². The molecule has 0 amide bonds. The fourth-order valence-electron chi connectivity index (χ4n) is 4.17. The Morgan fingerprint density at radius 1 is 1.30 bits per heavy atom. The zero-order valence-corrected chi connectivity index (χ0v) is 13.1. The molecule has 0 aromatic rings. The molecule has 0 aliphatic carbocycles. The third-order valence-corrected chi connectivity index (χ3v) is 5.34. The smallest absolute Gasteiger partial charge is 0.0547 e. The third kappa shape index (κ3) is 3.35. The van der Waals surface area contributed by atoms with E-state index in [2.05, 4.69) is 22.0 Å². The van der Waals surface area contributed by atoms with Crippen LogP contribution in [0.25, 0.3) is 0 Å². The number of rotatable bonds is 6. The number of fused-ring (bicyclic) bond motifs is 1. The Morgan fingerprint density at radius 2 is 2.25 bits per heavy atom. The van der Waals surface area contributed by atoms with E-state index in [1.807, 2.05) is 0 Å². The average Bonchev–Trinajstić information content (AvgIpc) is 3.08. The second-order valence-electron chi connectivity index (χ2n) is 7.05. The topological polar surface area (TPSA) is 27.7 Å². The quantitative estimate of drug-likeness (QED) is 0.740. The highest BCUT2D eigenvalue weighted by Gasteiger charge is 2.39. The van der Waals surface area contributed by atoms with Crippen LogP contribution in [0.4, 0.5) is 0 Å². The molecule has 4 heteroatoms. The molecule has 3 rings (SSSR count). The molecule has 116 valence electrons. The standard InChI is InChI=1S/C16H31N3O/c1-2-6-17-12-16(5-10-20-14-16)13-18-8-9-19-7-3-4-15(19)11-18/h15,17H,2-14H2,1H3. The number of nitrogens with one attached hydrogen (secondary N) is 1. The van der Waals surface area contributed by atoms with Crippen LogP contribution in [0.2, 0.25) is 0 Å². The molecule has 2 atom stereocenters. The lowest BCUT2D eigenvalue weighted by Gasteiger charge is -2.41. The summed E-state index contributed by atoms with van der Waals surface area (Å²) >= 11 is 0. The van der Waals surface area contributed by atoms with E-state index in [0.29, 0.717) is 5.41 Å². The van der Waals surface area contributed by atoms with Crippen molar-refractivity contribution in [1.82, 2.24) is 15.1 Å². The van der Waals surface area contributed by atoms with Gasteiger partial charge in [0.1, 0.15) is 0 Å². The van der Waals surface area contributed by atoms with Gasteiger partial charge in [-0.05, 0) is 38.8 Å². The Kier molecular flexibility index (Phi) is 4.97. The molecule has 0 spiro atoms. The van der Waals surface area contributed by atoms with Gasteiger partial charge in [0.25, 0.3) is 0 Å². The van der Waals surface area contributed by atoms with Gasteiger partial charge in [-0.15, -0.1) is 0 Å². The molecule has 4 nitrogen and oxygen atoms in total. The predicted molar refractivity (Wildman–Crippen MR) is 82.1 cm³/mol. The van der Waals surface area contributed by atoms with E-state index < -0.39 is 0 Å². The minimum atomic E-state index is 0.371. The highest BCUT2D eigenvalue weighted by molar-refractivity contribution is 4.93. The molecular formula is C16H31N3O. The highest BCUT2D eigenvalue weighted by Crippen LogP contribution is 2.31. The number of hydrogen-bond donors (Lipinski definition) is 1. The normalized spacial score (nSPS) is 35.5. The van der Waals surface area contributed by atoms with Gasteiger partial charge >= 0.3 is 0 Å². The molecule has 20 heavy (non-hydrogen) atoms. The third-order valence-electron chi connectivity index (χ3n) is 5.34. The van der Waals surface area contributed by atoms with E-state index in [1.54, 1.807) is 0 Å². The molecular weight excluding hydrogens is 250 g/mol. The summed E-state index contributed by atoms with van der Waals surface area (Å²) < 4.78 is 5.74. The summed E-state index contributed by atoms with van der Waals surface area (Å²) in [5.74, 6) is 0. The summed E-state index contributed by atoms with van der Waals surface area (Å²) in [7, 11) is 0. The molecule has 2 unspecified atom stereocenters. The maximum Gasteiger partial charge on any atom is 0.0547 e. The van der Waals surface area contributed by atoms with Crippen LogP contribution in [0, 0.1) is 5.41 Å². The van der Waals surface area contributed by atoms with Crippen LogP contribution < -0.4 is 5.32 Å². The van der Waals surface area contributed by atoms with Crippen LogP contribution in [0.3, 0.4) is 0 Å². The first-order valence-corrected chi connectivity index (χ1v) is 8.56. The summed E-state index contributed by atoms with van der Waals surface area (Å²) in [6, 6.07) is 0.840. The maximum absolute atomic E-state index is 5.74. The summed E-state index contributed by atoms with van der Waals surface area (Å²) in [5.41, 5.74) is 0.371. The van der Waals surface area contributed by atoms with Gasteiger partial charge in [0.2, 0.25) is 0 Å². The van der Waals surface area contributed by atoms with Gasteiger partial charge in [-0.25, -0.2) is 0 Å². The van der Waals surface area contributed by atoms with E-state index >= 15 is 0 Å². The fraction of sp³-hybridized carbons (Fsp3) is 1.00. The van der Waals surface area contributed by atoms with E-state index in [9.17, 15) is 0 Å². The molecule has 3 saturated heterocycles. The first-order chi connectivity index (χ1) is 9.81. The Bertz CT molecular complexity index is 304. The largest absolute Gasteiger partial charge is 0.381 e. The fourth-order valence-corrected chi connectivity index (χ4v) is 4.17. The van der Waals surface area contributed by atoms with Gasteiger partial charge in [0.15, 0.2) is 0 Å². The summed E-state index contributed by atoms with van der Waals surface area (Å²) in [6.07, 6.45) is 5.27. The SMILES string of the molecule is CCCNCC1(CN2CCN3CCCC3C2)CCOC1. The zero-order valence-electron chi connectivity index (χ0n) is 13.1. The average molecular weight is 281 g/mol. The minimum absolute atomic E-state index is 0.371. The number of nitrogens with zero attached hydrogens (tertiary/aromatic N) is 2. The van der Waals surface area contributed by atoms with Crippen molar-refractivity contribution in [2.45, 2.75) is 38.6 Å². The first-order valence-electron chi connectivity index (χ1n) is 8.56. The molecule has 3 aliphatic rings. The molecule has 3 aliphatic heterocycles. The molecule has 1 N–H and O–H groups in total. The van der Waals surface area contributed by atoms with Crippen molar-refractivity contribution in [2.75, 3.05) is 59.0 Å². The van der Waals surface area contributed by atoms with Crippen molar-refractivity contribution in [3.8, 4) is 0 Å². The van der Waals surface area contributed by atoms with Crippen molar-refractivity contribution in [3.63, 3.8) is 0 Å². The molecule has 0 saturated carbocycles. The minimum Gasteiger partial charge on any atom is -0.381 e. The Morgan fingerprint density at radius 3 is 3.05 bits per heavy atom. The molecule has 0 radical (unpaired) electrons. The van der Waals surface area contributed by atoms with Gasteiger partial charge in [0.05, 0.1) is 6.61 Å². The first kappa shape index (κ1) is 14.8. The Labute approximate surface area is 123 Å². The predicted octanol–water partition coefficient (Wildman–Crippen LogP) is 1.17. The zero-order chi connectivity index (χ0) is 13.8. The van der Waals surface area contributed by atoms with Crippen LogP contribution in [-0.4, -0.2) is 74.9 Å². The van der Waals surface area contributed by atoms with Gasteiger partial charge in [0, 0.05) is 50.8 Å². The summed E-state index contributed by atoms with van der Waals surface area (Å²) in [6.45, 7) is 12.8. The van der Waals surface area contributed by atoms with Crippen molar-refractivity contribution in [2.24, 2.45) is 5.41 Å². The van der Waals surface area contributed by atoms with Crippen LogP contribution in [0.1, 0.15) is 32.6 Å². The summed E-state index contributed by atoms with van der Waals surface area (Å²) in [4.78, 5) is 5.42. The molecule has 3 fully saturated rings. The van der Waals surface area contributed by atoms with Gasteiger partial charge in [-0.1, -0.05) is 6.92 Å². The molecule has 0 aromatic carbocycles. The van der Waals surface area contributed by atoms with Gasteiger partial charge < -0.3 is 10.1 Å². The Hall–Kier alpha value is -0.160. The Balaban J connectivity index is 1.53. The second-order valence-corrected chi connectivity index (χ2v) is 7.05. The van der Waals surface area contributed by atoms with E-state index in [1.165, 1.54) is 58.4 Å². The monoisotopic (exact) mass is 281 g/mol. The lowest BCUT2D eigenvalue weighted by molar-refractivity contribution is 0.0554. The number of ether oxygens (including phenoxy) is 1. The molecule has 0 aromatic heterocycles.